The van der Waals surface area contributed by atoms with Crippen molar-refractivity contribution in [2.45, 2.75) is 26.3 Å². The molecule has 150 valence electrons. The fraction of sp³-hybridized carbons (Fsp3) is 0.333. The third kappa shape index (κ3) is 3.47. The molecule has 0 saturated carbocycles. The van der Waals surface area contributed by atoms with E-state index in [0.29, 0.717) is 23.1 Å². The number of nitrogens with zero attached hydrogens (tertiary/aromatic N) is 2. The van der Waals surface area contributed by atoms with Crippen LogP contribution in [0.4, 0.5) is 0 Å². The lowest BCUT2D eigenvalue weighted by Crippen LogP contribution is -2.33. The van der Waals surface area contributed by atoms with Gasteiger partial charge >= 0.3 is 0 Å². The second-order valence-electron chi connectivity index (χ2n) is 7.36. The summed E-state index contributed by atoms with van der Waals surface area (Å²) in [5.41, 5.74) is 1.74. The molecule has 1 amide bonds. The van der Waals surface area contributed by atoms with Gasteiger partial charge in [-0.25, -0.2) is 0 Å². The Morgan fingerprint density at radius 1 is 0.966 bits per heavy atom. The molecule has 1 aliphatic rings. The van der Waals surface area contributed by atoms with E-state index in [-0.39, 0.29) is 17.1 Å². The monoisotopic (exact) mass is 390 g/mol. The molecule has 0 unspecified atom stereocenters. The first-order valence-electron chi connectivity index (χ1n) is 10.3. The standard InChI is InChI=1S/C24H26N2O3/c1-3-25(4-2)15-10-16-26-21(17-11-6-5-7-12-17)20-22(27)18-13-8-9-14-19(18)29-23(20)24(26)28/h5-9,11-14,21H,3-4,10,15-16H2,1-2H3/t21-/m1/s1. The van der Waals surface area contributed by atoms with Crippen LogP contribution in [0.1, 0.15) is 48.0 Å². The van der Waals surface area contributed by atoms with E-state index in [4.69, 9.17) is 4.42 Å². The highest BCUT2D eigenvalue weighted by Gasteiger charge is 2.42. The summed E-state index contributed by atoms with van der Waals surface area (Å²) in [4.78, 5) is 30.7. The van der Waals surface area contributed by atoms with Crippen molar-refractivity contribution < 1.29 is 9.21 Å². The van der Waals surface area contributed by atoms with Crippen LogP contribution < -0.4 is 5.43 Å². The van der Waals surface area contributed by atoms with Crippen molar-refractivity contribution in [2.75, 3.05) is 26.2 Å². The van der Waals surface area contributed by atoms with Gasteiger partial charge in [0.15, 0.2) is 5.43 Å². The molecule has 0 saturated heterocycles. The van der Waals surface area contributed by atoms with Crippen molar-refractivity contribution in [1.82, 2.24) is 9.80 Å². The first-order valence-corrected chi connectivity index (χ1v) is 10.3. The molecule has 4 rings (SSSR count). The molecule has 0 aliphatic carbocycles. The Kier molecular flexibility index (Phi) is 5.49. The molecular weight excluding hydrogens is 364 g/mol. The Morgan fingerprint density at radius 3 is 2.38 bits per heavy atom. The van der Waals surface area contributed by atoms with Crippen LogP contribution in [0.15, 0.2) is 63.8 Å². The molecule has 1 aliphatic heterocycles. The number of carbonyl (C=O) groups excluding carboxylic acids is 1. The molecule has 0 spiro atoms. The van der Waals surface area contributed by atoms with Crippen LogP contribution in [0, 0.1) is 0 Å². The minimum Gasteiger partial charge on any atom is -0.450 e. The summed E-state index contributed by atoms with van der Waals surface area (Å²) >= 11 is 0. The molecule has 0 bridgehead atoms. The molecule has 2 aromatic carbocycles. The first-order chi connectivity index (χ1) is 14.2. The second-order valence-corrected chi connectivity index (χ2v) is 7.36. The smallest absolute Gasteiger partial charge is 0.290 e. The number of fused-ring (bicyclic) bond motifs is 2. The predicted octanol–water partition coefficient (Wildman–Crippen LogP) is 4.07. The topological polar surface area (TPSA) is 53.8 Å². The molecular formula is C24H26N2O3. The van der Waals surface area contributed by atoms with Gasteiger partial charge < -0.3 is 14.2 Å². The summed E-state index contributed by atoms with van der Waals surface area (Å²) in [6.45, 7) is 7.74. The molecule has 29 heavy (non-hydrogen) atoms. The summed E-state index contributed by atoms with van der Waals surface area (Å²) in [6, 6.07) is 16.5. The maximum Gasteiger partial charge on any atom is 0.290 e. The van der Waals surface area contributed by atoms with E-state index < -0.39 is 6.04 Å². The lowest BCUT2D eigenvalue weighted by atomic mass is 9.98. The van der Waals surface area contributed by atoms with E-state index in [1.54, 1.807) is 17.0 Å². The third-order valence-corrected chi connectivity index (χ3v) is 5.76. The predicted molar refractivity (Wildman–Crippen MR) is 114 cm³/mol. The molecule has 5 nitrogen and oxygen atoms in total. The van der Waals surface area contributed by atoms with Crippen molar-refractivity contribution in [3.8, 4) is 0 Å². The van der Waals surface area contributed by atoms with Gasteiger partial charge in [-0.05, 0) is 43.8 Å². The number of hydrogen-bond donors (Lipinski definition) is 0. The Morgan fingerprint density at radius 2 is 1.66 bits per heavy atom. The SMILES string of the molecule is CCN(CC)CCCN1C(=O)c2oc3ccccc3c(=O)c2[C@H]1c1ccccc1. The average molecular weight is 390 g/mol. The van der Waals surface area contributed by atoms with E-state index in [0.717, 1.165) is 31.6 Å². The molecule has 1 atom stereocenters. The van der Waals surface area contributed by atoms with Gasteiger partial charge in [0, 0.05) is 6.54 Å². The Balaban J connectivity index is 1.77. The van der Waals surface area contributed by atoms with Crippen LogP contribution in [-0.4, -0.2) is 41.9 Å². The average Bonchev–Trinajstić information content (AvgIpc) is 3.04. The quantitative estimate of drug-likeness (QED) is 0.610. The number of carbonyl (C=O) groups is 1. The van der Waals surface area contributed by atoms with Crippen LogP contribution in [0.2, 0.25) is 0 Å². The fourth-order valence-corrected chi connectivity index (χ4v) is 4.18. The van der Waals surface area contributed by atoms with Crippen molar-refractivity contribution >= 4 is 16.9 Å². The van der Waals surface area contributed by atoms with Crippen molar-refractivity contribution in [2.24, 2.45) is 0 Å². The summed E-state index contributed by atoms with van der Waals surface area (Å²) in [7, 11) is 0. The molecule has 5 heteroatoms. The zero-order chi connectivity index (χ0) is 20.4. The number of benzene rings is 2. The molecule has 0 N–H and O–H groups in total. The largest absolute Gasteiger partial charge is 0.450 e. The van der Waals surface area contributed by atoms with E-state index >= 15 is 0 Å². The molecule has 0 fully saturated rings. The Labute approximate surface area is 170 Å². The molecule has 3 aromatic rings. The van der Waals surface area contributed by atoms with E-state index in [1.807, 2.05) is 42.5 Å². The first kappa shape index (κ1) is 19.4. The summed E-state index contributed by atoms with van der Waals surface area (Å²) < 4.78 is 5.95. The van der Waals surface area contributed by atoms with Gasteiger partial charge in [-0.3, -0.25) is 9.59 Å². The summed E-state index contributed by atoms with van der Waals surface area (Å²) in [6.07, 6.45) is 0.846. The van der Waals surface area contributed by atoms with Crippen molar-refractivity contribution in [3.05, 3.63) is 81.7 Å². The van der Waals surface area contributed by atoms with Crippen LogP contribution in [0.5, 0.6) is 0 Å². The van der Waals surface area contributed by atoms with Crippen LogP contribution >= 0.6 is 0 Å². The van der Waals surface area contributed by atoms with Gasteiger partial charge in [-0.15, -0.1) is 0 Å². The fourth-order valence-electron chi connectivity index (χ4n) is 4.18. The highest BCUT2D eigenvalue weighted by atomic mass is 16.3. The zero-order valence-electron chi connectivity index (χ0n) is 16.9. The summed E-state index contributed by atoms with van der Waals surface area (Å²) in [5, 5.41) is 0.518. The highest BCUT2D eigenvalue weighted by Crippen LogP contribution is 2.38. The van der Waals surface area contributed by atoms with E-state index in [2.05, 4.69) is 18.7 Å². The van der Waals surface area contributed by atoms with Gasteiger partial charge in [0.25, 0.3) is 5.91 Å². The third-order valence-electron chi connectivity index (χ3n) is 5.76. The van der Waals surface area contributed by atoms with Crippen LogP contribution in [0.3, 0.4) is 0 Å². The van der Waals surface area contributed by atoms with Gasteiger partial charge in [0.1, 0.15) is 5.58 Å². The van der Waals surface area contributed by atoms with E-state index in [1.165, 1.54) is 0 Å². The number of para-hydroxylation sites is 1. The normalized spacial score (nSPS) is 16.0. The van der Waals surface area contributed by atoms with Gasteiger partial charge in [0.05, 0.1) is 17.0 Å². The minimum absolute atomic E-state index is 0.115. The van der Waals surface area contributed by atoms with Gasteiger partial charge in [-0.1, -0.05) is 56.3 Å². The Hall–Kier alpha value is -2.92. The maximum atomic E-state index is 13.3. The zero-order valence-corrected chi connectivity index (χ0v) is 16.9. The van der Waals surface area contributed by atoms with Crippen LogP contribution in [-0.2, 0) is 0 Å². The lowest BCUT2D eigenvalue weighted by Gasteiger charge is -2.26. The molecule has 1 aromatic heterocycles. The summed E-state index contributed by atoms with van der Waals surface area (Å²) in [5.74, 6) is -0.0124. The number of rotatable bonds is 7. The lowest BCUT2D eigenvalue weighted by molar-refractivity contribution is 0.0720. The van der Waals surface area contributed by atoms with Gasteiger partial charge in [-0.2, -0.15) is 0 Å². The van der Waals surface area contributed by atoms with Crippen LogP contribution in [0.25, 0.3) is 11.0 Å². The number of hydrogen-bond acceptors (Lipinski definition) is 4. The maximum absolute atomic E-state index is 13.3. The second kappa shape index (κ2) is 8.21. The number of amides is 1. The van der Waals surface area contributed by atoms with Gasteiger partial charge in [0.2, 0.25) is 5.76 Å². The Bertz CT molecular complexity index is 1070. The molecule has 2 heterocycles. The van der Waals surface area contributed by atoms with Crippen molar-refractivity contribution in [1.29, 1.82) is 0 Å². The van der Waals surface area contributed by atoms with Crippen molar-refractivity contribution in [3.63, 3.8) is 0 Å². The van der Waals surface area contributed by atoms with E-state index in [9.17, 15) is 9.59 Å². The minimum atomic E-state index is -0.406. The highest BCUT2D eigenvalue weighted by molar-refractivity contribution is 5.99. The molecule has 0 radical (unpaired) electrons.